The Bertz CT molecular complexity index is 1460. The van der Waals surface area contributed by atoms with Gasteiger partial charge in [0.15, 0.2) is 5.78 Å². The van der Waals surface area contributed by atoms with Crippen LogP contribution < -0.4 is 16.4 Å². The van der Waals surface area contributed by atoms with E-state index in [0.29, 0.717) is 68.2 Å². The van der Waals surface area contributed by atoms with E-state index in [4.69, 9.17) is 10.8 Å². The van der Waals surface area contributed by atoms with Crippen LogP contribution in [-0.2, 0) is 19.1 Å². The Balaban J connectivity index is -0.0000000700. The summed E-state index contributed by atoms with van der Waals surface area (Å²) in [6.07, 6.45) is 30.2. The molecule has 2 saturated heterocycles. The van der Waals surface area contributed by atoms with E-state index in [9.17, 15) is 14.4 Å². The number of hydrogen-bond acceptors (Lipinski definition) is 13. The standard InChI is InChI=1S/C11H23N.C11H18O2.C10H21NO2.C9H21N3.C9H21N.C8H19NO.C7H17N.C6H14.9C3H8/c1-11(2)7-6-10-12-8-4-3-5-9-12;1-4-10(12)6-5-7-11(13)8-9(2)3;1-8(2)11(9(3)4)7-6-10(12)13-5;1-9(2)12-7-5-11(4-3-10)6-8-12;1-4-7-10-8-5-6-9(2)3;1-4-5-9(6-7-10)8(2)3;1-6(2)5-8-7(3)4;1-4-5-6(2)3;9*1-3-2/h11H,3-10H2,1-2H3;4,9H,1,5-8H2,2-3H3;8-9H,6-7H2,1-5H3;9H,3-8,10H2,1-2H3;9-10H,4-8H2,1-3H3;8,10H,4-7H2,1-3H3;6-8H,5H2,1-4H3;6H,4-5H2,1-3H3;9*3H2,1-2H3. The molecule has 2 aliphatic rings. The molecule has 111 heavy (non-hydrogen) atoms. The summed E-state index contributed by atoms with van der Waals surface area (Å²) in [5.41, 5.74) is 5.50. The zero-order valence-electron chi connectivity index (χ0n) is 85.4. The van der Waals surface area contributed by atoms with Crippen LogP contribution in [0.4, 0.5) is 0 Å². The van der Waals surface area contributed by atoms with Crippen LogP contribution in [0.3, 0.4) is 0 Å². The number of allylic oxidation sites excluding steroid dienone is 1. The summed E-state index contributed by atoms with van der Waals surface area (Å²) in [5.74, 6) is 3.99. The van der Waals surface area contributed by atoms with Crippen molar-refractivity contribution in [3.05, 3.63) is 12.7 Å². The van der Waals surface area contributed by atoms with Gasteiger partial charge in [0.25, 0.3) is 0 Å². The molecule has 2 heterocycles. The lowest BCUT2D eigenvalue weighted by Crippen LogP contribution is -2.49. The summed E-state index contributed by atoms with van der Waals surface area (Å²) >= 11 is 0. The number of rotatable bonds is 35. The van der Waals surface area contributed by atoms with E-state index in [-0.39, 0.29) is 24.1 Å². The predicted molar refractivity (Wildman–Crippen MR) is 516 cm³/mol. The zero-order chi connectivity index (χ0) is 90.2. The fraction of sp³-hybridized carbons (Fsp3) is 0.949. The summed E-state index contributed by atoms with van der Waals surface area (Å²) in [5, 5.41) is 15.4. The number of Topliss-reactive ketones (excluding diaryl/α,β-unsaturated/α-hetero) is 1. The van der Waals surface area contributed by atoms with Crippen molar-refractivity contribution >= 4 is 17.5 Å². The number of hydrogen-bond donors (Lipinski definition) is 4. The number of ketones is 2. The van der Waals surface area contributed by atoms with Gasteiger partial charge in [-0.2, -0.15) is 0 Å². The van der Waals surface area contributed by atoms with Crippen LogP contribution in [0.1, 0.15) is 444 Å². The van der Waals surface area contributed by atoms with Crippen LogP contribution in [-0.4, -0.2) is 189 Å². The van der Waals surface area contributed by atoms with Crippen molar-refractivity contribution in [2.75, 3.05) is 112 Å². The highest BCUT2D eigenvalue weighted by atomic mass is 16.5. The quantitative estimate of drug-likeness (QED) is 0.0271. The molecule has 0 atom stereocenters. The van der Waals surface area contributed by atoms with Gasteiger partial charge in [-0.05, 0) is 195 Å². The Kier molecular flexibility index (Phi) is 171. The van der Waals surface area contributed by atoms with Gasteiger partial charge >= 0.3 is 5.97 Å². The molecule has 688 valence electrons. The first-order valence-electron chi connectivity index (χ1n) is 47.4. The molecule has 0 aromatic rings. The van der Waals surface area contributed by atoms with Crippen LogP contribution in [0.15, 0.2) is 12.7 Å². The first kappa shape index (κ1) is 144. The topological polar surface area (TPSA) is 147 Å². The molecular formula is C98H226N8O5. The molecular weight excluding hydrogens is 1370 g/mol. The van der Waals surface area contributed by atoms with Crippen molar-refractivity contribution in [2.24, 2.45) is 35.3 Å². The van der Waals surface area contributed by atoms with Crippen LogP contribution in [0.5, 0.6) is 0 Å². The third-order valence-electron chi connectivity index (χ3n) is 14.1. The maximum Gasteiger partial charge on any atom is 0.306 e. The minimum absolute atomic E-state index is 0.0253. The Morgan fingerprint density at radius 2 is 0.856 bits per heavy atom. The second-order valence-corrected chi connectivity index (χ2v) is 33.3. The average Bonchev–Trinajstić information content (AvgIpc) is 0.878. The lowest BCUT2D eigenvalue weighted by atomic mass is 10.0. The molecule has 5 N–H and O–H groups in total. The number of nitrogens with zero attached hydrogens (tertiary/aromatic N) is 5. The van der Waals surface area contributed by atoms with E-state index >= 15 is 0 Å². The second-order valence-electron chi connectivity index (χ2n) is 33.3. The van der Waals surface area contributed by atoms with Crippen molar-refractivity contribution in [3.8, 4) is 0 Å². The number of piperazine rings is 1. The summed E-state index contributed by atoms with van der Waals surface area (Å²) in [6, 6.07) is 2.85. The smallest absolute Gasteiger partial charge is 0.306 e. The van der Waals surface area contributed by atoms with Crippen LogP contribution in [0.25, 0.3) is 0 Å². The van der Waals surface area contributed by atoms with Gasteiger partial charge in [0, 0.05) is 102 Å². The van der Waals surface area contributed by atoms with Gasteiger partial charge in [-0.1, -0.05) is 312 Å². The predicted octanol–water partition coefficient (Wildman–Crippen LogP) is 27.4. The summed E-state index contributed by atoms with van der Waals surface area (Å²) in [7, 11) is 1.43. The third-order valence-corrected chi connectivity index (χ3v) is 14.1. The highest BCUT2D eigenvalue weighted by Crippen LogP contribution is 2.12. The van der Waals surface area contributed by atoms with E-state index in [2.05, 4.69) is 316 Å². The number of nitrogens with two attached hydrogens (primary N) is 1. The SMILES string of the molecule is C=CC(=O)CCCC(=O)CC(C)C.CC(C)CCCN1CCCCC1.CC(C)CNC(C)C.CC(C)N1CCN(CCN)CC1.CCC.CCC.CCC.CCC.CCC.CCC.CCC.CCC.CCC.CCCC(C)C.CCCN(CCO)C(C)C.CCCNCCCC(C)C.COC(=O)CCN(C(C)C)C(C)C. The van der Waals surface area contributed by atoms with Crippen molar-refractivity contribution in [1.82, 2.24) is 35.1 Å². The fourth-order valence-corrected chi connectivity index (χ4v) is 9.18. The largest absolute Gasteiger partial charge is 0.469 e. The molecule has 0 aromatic heterocycles. The number of aliphatic hydroxyl groups is 1. The molecule has 2 rings (SSSR count). The lowest BCUT2D eigenvalue weighted by Gasteiger charge is -2.36. The number of esters is 1. The third kappa shape index (κ3) is 185. The molecule has 0 radical (unpaired) electrons. The van der Waals surface area contributed by atoms with E-state index in [1.165, 1.54) is 194 Å². The van der Waals surface area contributed by atoms with Gasteiger partial charge in [0.05, 0.1) is 20.1 Å². The highest BCUT2D eigenvalue weighted by molar-refractivity contribution is 5.89. The second kappa shape index (κ2) is 132. The number of methoxy groups -OCH3 is 1. The van der Waals surface area contributed by atoms with Gasteiger partial charge < -0.3 is 31.1 Å². The van der Waals surface area contributed by atoms with Gasteiger partial charge in [0.2, 0.25) is 0 Å². The maximum absolute atomic E-state index is 11.2. The van der Waals surface area contributed by atoms with Crippen molar-refractivity contribution < 1.29 is 24.2 Å². The average molecular weight is 1600 g/mol. The number of likely N-dealkylation sites (tertiary alicyclic amines) is 1. The molecule has 2 fully saturated rings. The molecule has 0 unspecified atom stereocenters. The molecule has 13 nitrogen and oxygen atoms in total. The Labute approximate surface area is 707 Å². The van der Waals surface area contributed by atoms with Crippen molar-refractivity contribution in [1.29, 1.82) is 0 Å². The zero-order valence-corrected chi connectivity index (χ0v) is 85.4. The monoisotopic (exact) mass is 1600 g/mol. The lowest BCUT2D eigenvalue weighted by molar-refractivity contribution is -0.141. The number of aliphatic hydroxyl groups excluding tert-OH is 1. The molecule has 0 saturated carbocycles. The van der Waals surface area contributed by atoms with E-state index in [1.54, 1.807) is 0 Å². The van der Waals surface area contributed by atoms with Crippen LogP contribution in [0, 0.1) is 29.6 Å². The van der Waals surface area contributed by atoms with E-state index < -0.39 is 0 Å². The number of piperidine rings is 1. The number of carbonyl (C=O) groups is 3. The first-order chi connectivity index (χ1) is 52.2. The normalized spacial score (nSPS) is 11.9. The first-order valence-corrected chi connectivity index (χ1v) is 47.4. The van der Waals surface area contributed by atoms with Crippen LogP contribution in [0.2, 0.25) is 0 Å². The molecule has 13 heteroatoms. The van der Waals surface area contributed by atoms with Gasteiger partial charge in [-0.15, -0.1) is 0 Å². The number of ether oxygens (including phenoxy) is 1. The van der Waals surface area contributed by atoms with Crippen LogP contribution >= 0.6 is 0 Å². The summed E-state index contributed by atoms with van der Waals surface area (Å²) < 4.78 is 4.59. The van der Waals surface area contributed by atoms with Gasteiger partial charge in [-0.25, -0.2) is 0 Å². The summed E-state index contributed by atoms with van der Waals surface area (Å²) in [6.45, 7) is 109. The van der Waals surface area contributed by atoms with E-state index in [1.807, 2.05) is 13.8 Å². The van der Waals surface area contributed by atoms with Crippen molar-refractivity contribution in [3.63, 3.8) is 0 Å². The molecule has 0 amide bonds. The molecule has 2 aliphatic heterocycles. The molecule has 0 aromatic carbocycles. The molecule has 0 spiro atoms. The minimum Gasteiger partial charge on any atom is -0.469 e. The fourth-order valence-electron chi connectivity index (χ4n) is 9.18. The van der Waals surface area contributed by atoms with Gasteiger partial charge in [-0.3, -0.25) is 34.0 Å². The Morgan fingerprint density at radius 1 is 0.450 bits per heavy atom. The number of nitrogens with one attached hydrogen (secondary N) is 2. The maximum atomic E-state index is 11.2. The number of carbonyl (C=O) groups excluding carboxylic acids is 3. The van der Waals surface area contributed by atoms with Crippen molar-refractivity contribution in [2.45, 2.75) is 475 Å². The minimum atomic E-state index is -0.133. The van der Waals surface area contributed by atoms with Gasteiger partial charge in [0.1, 0.15) is 5.78 Å². The Morgan fingerprint density at radius 3 is 1.14 bits per heavy atom. The molecule has 0 bridgehead atoms. The highest BCUT2D eigenvalue weighted by Gasteiger charge is 2.18. The van der Waals surface area contributed by atoms with E-state index in [0.717, 1.165) is 69.4 Å². The Hall–Kier alpha value is -1.81. The molecule has 0 aliphatic carbocycles. The summed E-state index contributed by atoms with van der Waals surface area (Å²) in [4.78, 5) is 45.0.